The number of rotatable bonds is 24. The molecule has 6 amide bonds. The molecular weight excluding hydrogens is 1850 g/mol. The van der Waals surface area contributed by atoms with E-state index in [1.165, 1.54) is 17.2 Å². The lowest BCUT2D eigenvalue weighted by molar-refractivity contribution is -0.403. The standard InChI is InChI=1S/C94H141N9O37/c1-40(2)60(82(125)97-41(3)80(123)98-44-22-18-42-20-24-57-91(4,46(42)31-44)26-13-28-93(57,6)89(126)100-90(127)94(7)29-14-27-92(5)47-32-45(109)23-19-43(47)21-25-58(92)94)99-81(124)48(95)15-11-12-30-96-59(110)39-128-50-17-10-8-9-16-49-61(50)101-102-103(49)33-51-74-62(111)68(117)83(129-51)136-75-52(34-104)131-85(70(119)64(75)113)138-77-54(36-106)133-87(72(121)66(77)115)140-79-56(38-108)134-88(73(122)67(79)116)139-78-55(37-107)132-86(71(120)65(78)114)137-76-53(35-105)130-84(135-74)69(118)63(76)112/h18-19,22-23,31-32,40-41,48,50-58,60,62-79,83-88,104-109,111-122H,8-17,20-21,24-30,33-39,95H2,1-7H3,(H,96,110)(H,97,125)(H,98,123)(H,99,124)(H,100,126,127)/t41-,48+,50?,51?,52?,53?,54?,55?,56?,57+,58+,60-,62?,63?,64?,65?,66?,67?,68?,69?,70?,71?,72?,73?,74?,75?,76?,77?,78?,79?,83?,84?,85?,86?,87?,88?,91+,92+,93-,94-/m0/s1. The summed E-state index contributed by atoms with van der Waals surface area (Å²) in [7, 11) is 0. The van der Waals surface area contributed by atoms with Crippen molar-refractivity contribution in [1.29, 1.82) is 0 Å². The number of fused-ring (bicyclic) bond motifs is 7. The van der Waals surface area contributed by atoms with E-state index in [1.54, 1.807) is 19.9 Å². The largest absolute Gasteiger partial charge is 0.508 e. The Morgan fingerprint density at radius 3 is 1.31 bits per heavy atom. The summed E-state index contributed by atoms with van der Waals surface area (Å²) in [5.74, 6) is -3.23. The maximum atomic E-state index is 14.9. The minimum absolute atomic E-state index is 0.0371. The van der Waals surface area contributed by atoms with E-state index in [0.29, 0.717) is 69.2 Å². The molecule has 25 N–H and O–H groups in total. The zero-order valence-corrected chi connectivity index (χ0v) is 79.4. The van der Waals surface area contributed by atoms with Gasteiger partial charge >= 0.3 is 0 Å². The van der Waals surface area contributed by atoms with Crippen LogP contribution in [0.4, 0.5) is 5.69 Å². The number of aliphatic hydroxyl groups excluding tert-OH is 17. The summed E-state index contributed by atoms with van der Waals surface area (Å²) in [6.45, 7) is 7.24. The van der Waals surface area contributed by atoms with Gasteiger partial charge in [-0.1, -0.05) is 84.6 Å². The van der Waals surface area contributed by atoms with E-state index in [4.69, 9.17) is 67.3 Å². The van der Waals surface area contributed by atoms with Crippen LogP contribution in [0.3, 0.4) is 0 Å². The Balaban J connectivity index is 0.557. The van der Waals surface area contributed by atoms with Gasteiger partial charge in [-0.05, 0) is 172 Å². The number of ether oxygens (including phenoxy) is 13. The number of anilines is 1. The van der Waals surface area contributed by atoms with Crippen molar-refractivity contribution >= 4 is 41.1 Å². The Morgan fingerprint density at radius 2 is 0.886 bits per heavy atom. The molecule has 2 saturated carbocycles. The Labute approximate surface area is 807 Å². The number of phenols is 1. The monoisotopic (exact) mass is 1990 g/mol. The van der Waals surface area contributed by atoms with Gasteiger partial charge in [-0.15, -0.1) is 5.10 Å². The third kappa shape index (κ3) is 21.5. The number of phenolic OH excluding ortho intramolecular Hbond substituents is 1. The summed E-state index contributed by atoms with van der Waals surface area (Å²) in [6.07, 6.45) is -51.1. The van der Waals surface area contributed by atoms with Crippen LogP contribution in [0, 0.1) is 28.6 Å². The number of imide groups is 1. The average Bonchev–Trinajstić information content (AvgIpc) is 0.743. The van der Waals surface area contributed by atoms with Gasteiger partial charge in [0, 0.05) is 12.2 Å². The molecule has 30 rings (SSSR count). The number of aliphatic hydroxyl groups is 17. The fourth-order valence-electron chi connectivity index (χ4n) is 23.6. The van der Waals surface area contributed by atoms with Crippen molar-refractivity contribution < 1.29 is 182 Å². The van der Waals surface area contributed by atoms with Crippen LogP contribution < -0.4 is 32.3 Å². The van der Waals surface area contributed by atoms with Crippen molar-refractivity contribution in [2.75, 3.05) is 51.5 Å². The molecule has 12 bridgehead atoms. The number of hydrogen-bond donors (Lipinski definition) is 24. The van der Waals surface area contributed by atoms with E-state index in [1.807, 2.05) is 44.2 Å². The molecule has 0 radical (unpaired) electrons. The number of hydrogen-bond acceptors (Lipinski definition) is 40. The van der Waals surface area contributed by atoms with E-state index in [0.717, 1.165) is 61.6 Å². The first-order valence-corrected chi connectivity index (χ1v) is 49.0. The molecular formula is C94H141N9O37. The molecule has 24 fully saturated rings. The number of carbonyl (C=O) groups excluding carboxylic acids is 6. The fraction of sp³-hybridized carbons (Fsp3) is 0.787. The summed E-state index contributed by atoms with van der Waals surface area (Å²) in [5, 5.41) is 228. The second kappa shape index (κ2) is 44.8. The normalized spacial score (nSPS) is 41.3. The molecule has 31 unspecified atom stereocenters. The summed E-state index contributed by atoms with van der Waals surface area (Å²) < 4.78 is 79.0. The average molecular weight is 1990 g/mol. The fourth-order valence-corrected chi connectivity index (χ4v) is 23.6. The number of aromatic nitrogens is 3. The molecule has 27 aliphatic rings. The molecule has 46 heteroatoms. The summed E-state index contributed by atoms with van der Waals surface area (Å²) in [5.41, 5.74) is 9.45. The van der Waals surface area contributed by atoms with Gasteiger partial charge in [-0.3, -0.25) is 34.1 Å². The van der Waals surface area contributed by atoms with Gasteiger partial charge < -0.3 is 180 Å². The maximum Gasteiger partial charge on any atom is 0.246 e. The van der Waals surface area contributed by atoms with E-state index in [9.17, 15) is 121 Å². The molecule has 0 spiro atoms. The van der Waals surface area contributed by atoms with Crippen LogP contribution in [0.25, 0.3) is 0 Å². The highest BCUT2D eigenvalue weighted by molar-refractivity contribution is 6.01. The van der Waals surface area contributed by atoms with Crippen LogP contribution in [0.15, 0.2) is 36.4 Å². The van der Waals surface area contributed by atoms with Gasteiger partial charge in [0.2, 0.25) is 35.4 Å². The number of unbranched alkanes of at least 4 members (excludes halogenated alkanes) is 1. The number of nitrogens with zero attached hydrogens (tertiary/aromatic N) is 3. The van der Waals surface area contributed by atoms with Crippen LogP contribution in [0.1, 0.15) is 185 Å². The van der Waals surface area contributed by atoms with E-state index in [2.05, 4.69) is 50.7 Å². The van der Waals surface area contributed by atoms with Crippen molar-refractivity contribution in [3.63, 3.8) is 0 Å². The van der Waals surface area contributed by atoms with Crippen molar-refractivity contribution in [1.82, 2.24) is 36.3 Å². The molecule has 5 aliphatic carbocycles. The minimum atomic E-state index is -2.26. The molecule has 40 atom stereocenters. The SMILES string of the molecule is CC(C)[C@H](NC(=O)[C@H](N)CCCCNC(=O)COC1CCCCCc2c1nnn2CC1OC2OC3C(CO)OC(OC4C(CO)OC(OC5C(CO)OC(OC6C(CO)OC(OC7C(CO)OC(OC1C(O)C2O)C(O)C7O)C(O)C6O)C(O)C5O)C(O)C4O)C(O)C3O)C(=O)N[C@@H](C)C(=O)Nc1ccc2c(c1)[C@@]1(C)CCC[C@](C)(C(=O)NC(=O)[C@@]3(C)CCC[C@]4(C)c5cc(O)ccc5CC[C@@H]34)[C@@H]1CC2. The highest BCUT2D eigenvalue weighted by atomic mass is 16.8. The Morgan fingerprint density at radius 1 is 0.471 bits per heavy atom. The first-order chi connectivity index (χ1) is 66.6. The van der Waals surface area contributed by atoms with E-state index in [-0.39, 0.29) is 59.9 Å². The first kappa shape index (κ1) is 107. The van der Waals surface area contributed by atoms with E-state index >= 15 is 0 Å². The lowest BCUT2D eigenvalue weighted by Gasteiger charge is -2.56. The van der Waals surface area contributed by atoms with Gasteiger partial charge in [0.1, 0.15) is 183 Å². The second-order valence-electron chi connectivity index (χ2n) is 41.1. The Bertz CT molecular complexity index is 4750. The zero-order valence-electron chi connectivity index (χ0n) is 79.4. The number of aromatic hydroxyl groups is 1. The molecule has 3 aromatic rings. The van der Waals surface area contributed by atoms with Gasteiger partial charge in [0.25, 0.3) is 0 Å². The summed E-state index contributed by atoms with van der Waals surface area (Å²) in [6, 6.07) is 8.08. The summed E-state index contributed by atoms with van der Waals surface area (Å²) in [4.78, 5) is 85.1. The van der Waals surface area contributed by atoms with Crippen molar-refractivity contribution in [3.8, 4) is 5.75 Å². The van der Waals surface area contributed by atoms with Gasteiger partial charge in [0.05, 0.1) is 62.1 Å². The molecule has 22 aliphatic heterocycles. The third-order valence-electron chi connectivity index (χ3n) is 31.6. The van der Waals surface area contributed by atoms with Crippen LogP contribution >= 0.6 is 0 Å². The third-order valence-corrected chi connectivity index (χ3v) is 31.6. The Hall–Kier alpha value is -6.84. The van der Waals surface area contributed by atoms with Gasteiger partial charge in [-0.25, -0.2) is 4.68 Å². The molecule has 2 aromatic carbocycles. The van der Waals surface area contributed by atoms with Crippen LogP contribution in [0.5, 0.6) is 5.75 Å². The van der Waals surface area contributed by atoms with Crippen molar-refractivity contribution in [2.45, 2.75) is 390 Å². The van der Waals surface area contributed by atoms with Gasteiger partial charge in [-0.2, -0.15) is 0 Å². The second-order valence-corrected chi connectivity index (χ2v) is 41.1. The number of nitrogens with one attached hydrogen (secondary N) is 5. The minimum Gasteiger partial charge on any atom is -0.508 e. The van der Waals surface area contributed by atoms with E-state index < -0.39 is 300 Å². The number of benzene rings is 2. The van der Waals surface area contributed by atoms with Crippen LogP contribution in [-0.4, -0.2) is 391 Å². The molecule has 23 heterocycles. The quantitative estimate of drug-likeness (QED) is 0.0294. The predicted molar refractivity (Wildman–Crippen MR) is 477 cm³/mol. The number of aryl methyl sites for hydroxylation is 2. The van der Waals surface area contributed by atoms with Crippen LogP contribution in [0.2, 0.25) is 0 Å². The predicted octanol–water partition coefficient (Wildman–Crippen LogP) is -5.61. The molecule has 784 valence electrons. The molecule has 22 saturated heterocycles. The zero-order chi connectivity index (χ0) is 101. The number of amides is 6. The highest BCUT2D eigenvalue weighted by Gasteiger charge is 2.63. The topological polar surface area (TPSA) is 703 Å². The summed E-state index contributed by atoms with van der Waals surface area (Å²) >= 11 is 0. The highest BCUT2D eigenvalue weighted by Crippen LogP contribution is 2.61. The molecule has 140 heavy (non-hydrogen) atoms. The smallest absolute Gasteiger partial charge is 0.246 e. The maximum absolute atomic E-state index is 14.9. The van der Waals surface area contributed by atoms with Crippen molar-refractivity contribution in [2.24, 2.45) is 34.3 Å². The van der Waals surface area contributed by atoms with Crippen LogP contribution in [-0.2, 0) is 127 Å². The Kier molecular flexibility index (Phi) is 34.4. The van der Waals surface area contributed by atoms with Gasteiger partial charge in [0.15, 0.2) is 37.7 Å². The van der Waals surface area contributed by atoms with Crippen molar-refractivity contribution in [3.05, 3.63) is 70.0 Å². The molecule has 1 aromatic heterocycles. The number of carbonyl (C=O) groups is 6. The lowest BCUT2D eigenvalue weighted by Crippen LogP contribution is -2.69. The number of nitrogens with two attached hydrogens (primary N) is 1. The lowest BCUT2D eigenvalue weighted by atomic mass is 9.49. The first-order valence-electron chi connectivity index (χ1n) is 49.0. The molecule has 46 nitrogen and oxygen atoms in total.